The van der Waals surface area contributed by atoms with Crippen molar-refractivity contribution in [2.75, 3.05) is 0 Å². The molecule has 0 radical (unpaired) electrons. The van der Waals surface area contributed by atoms with Crippen LogP contribution in [-0.2, 0) is 18.3 Å². The molecule has 106 valence electrons. The van der Waals surface area contributed by atoms with Crippen molar-refractivity contribution in [3.8, 4) is 0 Å². The first-order chi connectivity index (χ1) is 8.69. The van der Waals surface area contributed by atoms with E-state index in [0.29, 0.717) is 5.69 Å². The number of nitrogens with zero attached hydrogens (tertiary/aromatic N) is 2. The number of hydrogen-bond donors (Lipinski definition) is 3. The number of rotatable bonds is 4. The second-order valence-corrected chi connectivity index (χ2v) is 4.93. The normalized spacial score (nSPS) is 11.2. The van der Waals surface area contributed by atoms with Gasteiger partial charge in [0.05, 0.1) is 12.2 Å². The monoisotopic (exact) mass is 270 g/mol. The van der Waals surface area contributed by atoms with Gasteiger partial charge in [0.1, 0.15) is 5.60 Å². The molecule has 0 atom stereocenters. The highest BCUT2D eigenvalue weighted by molar-refractivity contribution is 5.85. The Hall–Kier alpha value is -2.09. The van der Waals surface area contributed by atoms with Crippen molar-refractivity contribution in [1.82, 2.24) is 20.6 Å². The van der Waals surface area contributed by atoms with Crippen LogP contribution < -0.4 is 10.9 Å². The highest BCUT2D eigenvalue weighted by Crippen LogP contribution is 2.06. The van der Waals surface area contributed by atoms with Crippen LogP contribution in [0.5, 0.6) is 0 Å². The van der Waals surface area contributed by atoms with Crippen molar-refractivity contribution in [2.45, 2.75) is 32.9 Å². The summed E-state index contributed by atoms with van der Waals surface area (Å²) in [6.07, 6.45) is -0.604. The second kappa shape index (κ2) is 5.70. The third-order valence-electron chi connectivity index (χ3n) is 2.05. The van der Waals surface area contributed by atoms with E-state index in [1.54, 1.807) is 27.8 Å². The average molecular weight is 270 g/mol. The van der Waals surface area contributed by atoms with E-state index < -0.39 is 17.7 Å². The lowest BCUT2D eigenvalue weighted by molar-refractivity contribution is 0.0496. The molecule has 3 N–H and O–H groups in total. The van der Waals surface area contributed by atoms with Gasteiger partial charge >= 0.3 is 12.1 Å². The van der Waals surface area contributed by atoms with Crippen LogP contribution >= 0.6 is 0 Å². The van der Waals surface area contributed by atoms with E-state index >= 15 is 0 Å². The minimum absolute atomic E-state index is 0.0448. The van der Waals surface area contributed by atoms with Crippen molar-refractivity contribution in [1.29, 1.82) is 0 Å². The Balaban J connectivity index is 2.45. The Morgan fingerprint density at radius 1 is 1.47 bits per heavy atom. The number of hydrogen-bond acceptors (Lipinski definition) is 5. The zero-order valence-electron chi connectivity index (χ0n) is 11.4. The van der Waals surface area contributed by atoms with E-state index in [1.807, 2.05) is 0 Å². The minimum atomic E-state index is -1.10. The SMILES string of the molecule is Cn1nc(C(=O)O)cc1CNNC(=O)OC(C)(C)C. The van der Waals surface area contributed by atoms with Crippen molar-refractivity contribution in [3.63, 3.8) is 0 Å². The van der Waals surface area contributed by atoms with Gasteiger partial charge in [0, 0.05) is 7.05 Å². The number of aromatic carboxylic acids is 1. The van der Waals surface area contributed by atoms with Crippen LogP contribution in [-0.4, -0.2) is 32.6 Å². The summed E-state index contributed by atoms with van der Waals surface area (Å²) in [6.45, 7) is 5.50. The number of aromatic nitrogens is 2. The average Bonchev–Trinajstić information content (AvgIpc) is 2.58. The maximum Gasteiger partial charge on any atom is 0.422 e. The van der Waals surface area contributed by atoms with Gasteiger partial charge in [0.25, 0.3) is 0 Å². The lowest BCUT2D eigenvalue weighted by Gasteiger charge is -2.19. The Labute approximate surface area is 110 Å². The molecule has 0 bridgehead atoms. The van der Waals surface area contributed by atoms with Crippen LogP contribution in [0.3, 0.4) is 0 Å². The largest absolute Gasteiger partial charge is 0.476 e. The minimum Gasteiger partial charge on any atom is -0.476 e. The summed E-state index contributed by atoms with van der Waals surface area (Å²) in [7, 11) is 1.62. The first-order valence-corrected chi connectivity index (χ1v) is 5.67. The van der Waals surface area contributed by atoms with Crippen molar-refractivity contribution < 1.29 is 19.4 Å². The number of amides is 1. The van der Waals surface area contributed by atoms with Crippen LogP contribution in [0.1, 0.15) is 37.0 Å². The van der Waals surface area contributed by atoms with Gasteiger partial charge in [-0.05, 0) is 26.8 Å². The van der Waals surface area contributed by atoms with Gasteiger partial charge in [-0.2, -0.15) is 5.10 Å². The fraction of sp³-hybridized carbons (Fsp3) is 0.545. The van der Waals surface area contributed by atoms with Crippen LogP contribution in [0.2, 0.25) is 0 Å². The molecule has 0 aromatic carbocycles. The summed E-state index contributed by atoms with van der Waals surface area (Å²) in [5, 5.41) is 12.6. The Bertz CT molecular complexity index is 476. The van der Waals surface area contributed by atoms with Gasteiger partial charge in [-0.1, -0.05) is 0 Å². The molecule has 1 aromatic rings. The maximum atomic E-state index is 11.3. The van der Waals surface area contributed by atoms with E-state index in [4.69, 9.17) is 9.84 Å². The smallest absolute Gasteiger partial charge is 0.422 e. The molecule has 8 heteroatoms. The third kappa shape index (κ3) is 4.96. The molecule has 0 unspecified atom stereocenters. The molecule has 8 nitrogen and oxygen atoms in total. The second-order valence-electron chi connectivity index (χ2n) is 4.93. The number of carbonyl (C=O) groups excluding carboxylic acids is 1. The predicted octanol–water partition coefficient (Wildman–Crippen LogP) is 0.648. The summed E-state index contributed by atoms with van der Waals surface area (Å²) < 4.78 is 6.44. The van der Waals surface area contributed by atoms with Crippen LogP contribution in [0.4, 0.5) is 4.79 Å². The number of hydrazine groups is 1. The standard InChI is InChI=1S/C11H18N4O4/c1-11(2,3)19-10(18)13-12-6-7-5-8(9(16)17)14-15(7)4/h5,12H,6H2,1-4H3,(H,13,18)(H,16,17). The van der Waals surface area contributed by atoms with Crippen molar-refractivity contribution in [3.05, 3.63) is 17.5 Å². The number of nitrogens with one attached hydrogen (secondary N) is 2. The number of carboxylic acid groups (broad SMARTS) is 1. The fourth-order valence-corrected chi connectivity index (χ4v) is 1.29. The quantitative estimate of drug-likeness (QED) is 0.694. The summed E-state index contributed by atoms with van der Waals surface area (Å²) in [4.78, 5) is 22.1. The lowest BCUT2D eigenvalue weighted by atomic mass is 10.2. The number of aryl methyl sites for hydroxylation is 1. The van der Waals surface area contributed by atoms with Gasteiger partial charge in [-0.15, -0.1) is 0 Å². The van der Waals surface area contributed by atoms with Crippen LogP contribution in [0.25, 0.3) is 0 Å². The van der Waals surface area contributed by atoms with Gasteiger partial charge in [-0.3, -0.25) is 10.1 Å². The molecule has 1 aromatic heterocycles. The molecular formula is C11H18N4O4. The summed E-state index contributed by atoms with van der Waals surface area (Å²) in [5.74, 6) is -1.10. The van der Waals surface area contributed by atoms with E-state index in [9.17, 15) is 9.59 Å². The zero-order chi connectivity index (χ0) is 14.6. The number of ether oxygens (including phenoxy) is 1. The Kier molecular flexibility index (Phi) is 4.49. The molecule has 0 fully saturated rings. The molecule has 0 saturated heterocycles. The zero-order valence-corrected chi connectivity index (χ0v) is 11.4. The van der Waals surface area contributed by atoms with Crippen LogP contribution in [0, 0.1) is 0 Å². The Morgan fingerprint density at radius 2 is 2.11 bits per heavy atom. The molecule has 1 rings (SSSR count). The molecule has 19 heavy (non-hydrogen) atoms. The summed E-state index contributed by atoms with van der Waals surface area (Å²) in [6, 6.07) is 1.42. The first-order valence-electron chi connectivity index (χ1n) is 5.67. The highest BCUT2D eigenvalue weighted by atomic mass is 16.6. The number of carbonyl (C=O) groups is 2. The molecule has 1 heterocycles. The van der Waals surface area contributed by atoms with E-state index in [0.717, 1.165) is 0 Å². The summed E-state index contributed by atoms with van der Waals surface area (Å²) >= 11 is 0. The van der Waals surface area contributed by atoms with E-state index in [2.05, 4.69) is 16.0 Å². The van der Waals surface area contributed by atoms with Crippen molar-refractivity contribution >= 4 is 12.1 Å². The number of carboxylic acids is 1. The molecule has 0 aliphatic rings. The molecule has 0 spiro atoms. The summed E-state index contributed by atoms with van der Waals surface area (Å²) in [5.41, 5.74) is 4.99. The predicted molar refractivity (Wildman–Crippen MR) is 66.4 cm³/mol. The van der Waals surface area contributed by atoms with Crippen molar-refractivity contribution in [2.24, 2.45) is 7.05 Å². The Morgan fingerprint density at radius 3 is 2.58 bits per heavy atom. The van der Waals surface area contributed by atoms with Gasteiger partial charge < -0.3 is 9.84 Å². The maximum absolute atomic E-state index is 11.3. The van der Waals surface area contributed by atoms with Crippen LogP contribution in [0.15, 0.2) is 6.07 Å². The topological polar surface area (TPSA) is 105 Å². The first kappa shape index (κ1) is 15.0. The van der Waals surface area contributed by atoms with Gasteiger partial charge in [-0.25, -0.2) is 15.0 Å². The molecule has 0 aliphatic carbocycles. The molecule has 0 saturated carbocycles. The highest BCUT2D eigenvalue weighted by Gasteiger charge is 2.16. The van der Waals surface area contributed by atoms with Gasteiger partial charge in [0.15, 0.2) is 5.69 Å². The third-order valence-corrected chi connectivity index (χ3v) is 2.05. The molecule has 1 amide bonds. The fourth-order valence-electron chi connectivity index (χ4n) is 1.29. The lowest BCUT2D eigenvalue weighted by Crippen LogP contribution is -2.41. The van der Waals surface area contributed by atoms with E-state index in [-0.39, 0.29) is 12.2 Å². The molecular weight excluding hydrogens is 252 g/mol. The molecule has 0 aliphatic heterocycles. The van der Waals surface area contributed by atoms with E-state index in [1.165, 1.54) is 10.7 Å². The van der Waals surface area contributed by atoms with Gasteiger partial charge in [0.2, 0.25) is 0 Å².